The van der Waals surface area contributed by atoms with Gasteiger partial charge in [-0.2, -0.15) is 0 Å². The van der Waals surface area contributed by atoms with Crippen LogP contribution in [0.3, 0.4) is 0 Å². The van der Waals surface area contributed by atoms with Crippen LogP contribution in [0.4, 0.5) is 0 Å². The van der Waals surface area contributed by atoms with E-state index in [0.29, 0.717) is 12.2 Å². The molecule has 3 rings (SSSR count). The molecule has 3 heteroatoms. The van der Waals surface area contributed by atoms with Crippen molar-refractivity contribution in [3.05, 3.63) is 52.0 Å². The number of hydrogen-bond donors (Lipinski definition) is 0. The van der Waals surface area contributed by atoms with Gasteiger partial charge in [0.15, 0.2) is 0 Å². The zero-order valence-corrected chi connectivity index (χ0v) is 10.2. The molecule has 2 aromatic rings. The summed E-state index contributed by atoms with van der Waals surface area (Å²) in [7, 11) is 0. The Morgan fingerprint density at radius 2 is 2.00 bits per heavy atom. The second kappa shape index (κ2) is 4.41. The van der Waals surface area contributed by atoms with Gasteiger partial charge in [-0.25, -0.2) is 0 Å². The molecule has 0 amide bonds. The third-order valence-electron chi connectivity index (χ3n) is 3.34. The summed E-state index contributed by atoms with van der Waals surface area (Å²) in [5.74, 6) is 0.528. The molecule has 0 aliphatic heterocycles. The Morgan fingerprint density at radius 1 is 1.29 bits per heavy atom. The Labute approximate surface area is 104 Å². The van der Waals surface area contributed by atoms with Gasteiger partial charge < -0.3 is 0 Å². The molecule has 2 nitrogen and oxygen atoms in total. The highest BCUT2D eigenvalue weighted by Crippen LogP contribution is 2.28. The Bertz CT molecular complexity index is 508. The van der Waals surface area contributed by atoms with Crippen LogP contribution in [0.1, 0.15) is 16.0 Å². The lowest BCUT2D eigenvalue weighted by Crippen LogP contribution is -2.16. The Balaban J connectivity index is 1.70. The maximum Gasteiger partial charge on any atom is 0.141 e. The molecule has 0 bridgehead atoms. The van der Waals surface area contributed by atoms with Crippen LogP contribution in [0.15, 0.2) is 36.0 Å². The molecule has 1 aliphatic carbocycles. The predicted octanol–water partition coefficient (Wildman–Crippen LogP) is 2.67. The minimum Gasteiger partial charge on any atom is -0.299 e. The molecule has 0 atom stereocenters. The standard InChI is InChI=1S/C14H13NOS/c16-14(7-13-8-15-9-17-13)12-5-10-3-1-2-4-11(10)6-12/h1-4,8-9,12H,5-7H2. The number of thiazole rings is 1. The van der Waals surface area contributed by atoms with Gasteiger partial charge in [-0.05, 0) is 24.0 Å². The van der Waals surface area contributed by atoms with Gasteiger partial charge in [-0.3, -0.25) is 9.78 Å². The number of carbonyl (C=O) groups is 1. The van der Waals surface area contributed by atoms with Gasteiger partial charge >= 0.3 is 0 Å². The van der Waals surface area contributed by atoms with Crippen LogP contribution in [-0.4, -0.2) is 10.8 Å². The highest BCUT2D eigenvalue weighted by Gasteiger charge is 2.26. The summed E-state index contributed by atoms with van der Waals surface area (Å²) >= 11 is 1.56. The summed E-state index contributed by atoms with van der Waals surface area (Å²) in [6.07, 6.45) is 4.16. The summed E-state index contributed by atoms with van der Waals surface area (Å²) < 4.78 is 0. The molecule has 1 aromatic carbocycles. The fraction of sp³-hybridized carbons (Fsp3) is 0.286. The highest BCUT2D eigenvalue weighted by molar-refractivity contribution is 7.09. The van der Waals surface area contributed by atoms with E-state index in [0.717, 1.165) is 17.7 Å². The molecule has 0 unspecified atom stereocenters. The van der Waals surface area contributed by atoms with E-state index in [-0.39, 0.29) is 5.92 Å². The van der Waals surface area contributed by atoms with E-state index in [1.807, 2.05) is 0 Å². The predicted molar refractivity (Wildman–Crippen MR) is 68.2 cm³/mol. The fourth-order valence-electron chi connectivity index (χ4n) is 2.43. The Hall–Kier alpha value is -1.48. The monoisotopic (exact) mass is 243 g/mol. The van der Waals surface area contributed by atoms with Crippen LogP contribution in [0.2, 0.25) is 0 Å². The molecular weight excluding hydrogens is 230 g/mol. The number of hydrogen-bond acceptors (Lipinski definition) is 3. The van der Waals surface area contributed by atoms with Gasteiger partial charge in [0, 0.05) is 23.4 Å². The second-order valence-electron chi connectivity index (χ2n) is 4.48. The van der Waals surface area contributed by atoms with Gasteiger partial charge in [0.2, 0.25) is 0 Å². The molecule has 1 heterocycles. The molecular formula is C14H13NOS. The Morgan fingerprint density at radius 3 is 2.59 bits per heavy atom. The van der Waals surface area contributed by atoms with Crippen LogP contribution in [0.25, 0.3) is 0 Å². The fourth-order valence-corrected chi connectivity index (χ4v) is 3.04. The van der Waals surface area contributed by atoms with E-state index in [1.54, 1.807) is 23.0 Å². The van der Waals surface area contributed by atoms with E-state index in [1.165, 1.54) is 11.1 Å². The molecule has 0 spiro atoms. The van der Waals surface area contributed by atoms with E-state index in [9.17, 15) is 4.79 Å². The summed E-state index contributed by atoms with van der Waals surface area (Å²) in [6, 6.07) is 8.37. The van der Waals surface area contributed by atoms with Crippen LogP contribution in [0.5, 0.6) is 0 Å². The molecule has 1 aliphatic rings. The van der Waals surface area contributed by atoms with Crippen molar-refractivity contribution in [2.75, 3.05) is 0 Å². The number of ketones is 1. The quantitative estimate of drug-likeness (QED) is 0.829. The molecule has 0 N–H and O–H groups in total. The van der Waals surface area contributed by atoms with E-state index in [4.69, 9.17) is 0 Å². The minimum atomic E-state index is 0.175. The average molecular weight is 243 g/mol. The van der Waals surface area contributed by atoms with Crippen molar-refractivity contribution in [3.8, 4) is 0 Å². The molecule has 0 radical (unpaired) electrons. The maximum atomic E-state index is 12.2. The SMILES string of the molecule is O=C(Cc1cncs1)C1Cc2ccccc2C1. The lowest BCUT2D eigenvalue weighted by Gasteiger charge is -2.05. The van der Waals surface area contributed by atoms with Crippen molar-refractivity contribution in [2.45, 2.75) is 19.3 Å². The largest absolute Gasteiger partial charge is 0.299 e. The Kier molecular flexibility index (Phi) is 2.77. The first-order valence-electron chi connectivity index (χ1n) is 5.80. The van der Waals surface area contributed by atoms with Gasteiger partial charge in [0.25, 0.3) is 0 Å². The van der Waals surface area contributed by atoms with E-state index < -0.39 is 0 Å². The summed E-state index contributed by atoms with van der Waals surface area (Å²) in [5.41, 5.74) is 4.47. The normalized spacial score (nSPS) is 14.8. The third kappa shape index (κ3) is 2.15. The second-order valence-corrected chi connectivity index (χ2v) is 5.46. The number of benzene rings is 1. The lowest BCUT2D eigenvalue weighted by atomic mass is 9.98. The van der Waals surface area contributed by atoms with Gasteiger partial charge in [-0.15, -0.1) is 11.3 Å². The van der Waals surface area contributed by atoms with Crippen molar-refractivity contribution >= 4 is 17.1 Å². The summed E-state index contributed by atoms with van der Waals surface area (Å²) in [4.78, 5) is 17.2. The number of nitrogens with zero attached hydrogens (tertiary/aromatic N) is 1. The summed E-state index contributed by atoms with van der Waals surface area (Å²) in [6.45, 7) is 0. The van der Waals surface area contributed by atoms with Crippen molar-refractivity contribution in [1.29, 1.82) is 0 Å². The zero-order chi connectivity index (χ0) is 11.7. The molecule has 17 heavy (non-hydrogen) atoms. The van der Waals surface area contributed by atoms with Crippen molar-refractivity contribution < 1.29 is 4.79 Å². The molecule has 86 valence electrons. The first kappa shape index (κ1) is 10.7. The number of carbonyl (C=O) groups excluding carboxylic acids is 1. The smallest absolute Gasteiger partial charge is 0.141 e. The van der Waals surface area contributed by atoms with Gasteiger partial charge in [0.05, 0.1) is 5.51 Å². The van der Waals surface area contributed by atoms with Gasteiger partial charge in [0.1, 0.15) is 5.78 Å². The third-order valence-corrected chi connectivity index (χ3v) is 4.12. The van der Waals surface area contributed by atoms with Crippen molar-refractivity contribution in [2.24, 2.45) is 5.92 Å². The summed E-state index contributed by atoms with van der Waals surface area (Å²) in [5, 5.41) is 0. The average Bonchev–Trinajstić information content (AvgIpc) is 2.96. The molecule has 0 saturated heterocycles. The van der Waals surface area contributed by atoms with Crippen LogP contribution in [0, 0.1) is 5.92 Å². The first-order valence-corrected chi connectivity index (χ1v) is 6.68. The lowest BCUT2D eigenvalue weighted by molar-refractivity contribution is -0.121. The van der Waals surface area contributed by atoms with Gasteiger partial charge in [-0.1, -0.05) is 24.3 Å². The molecule has 1 aromatic heterocycles. The van der Waals surface area contributed by atoms with Crippen molar-refractivity contribution in [3.63, 3.8) is 0 Å². The zero-order valence-electron chi connectivity index (χ0n) is 9.43. The van der Waals surface area contributed by atoms with Crippen LogP contribution >= 0.6 is 11.3 Å². The minimum absolute atomic E-state index is 0.175. The van der Waals surface area contributed by atoms with Crippen molar-refractivity contribution in [1.82, 2.24) is 4.98 Å². The van der Waals surface area contributed by atoms with Crippen LogP contribution < -0.4 is 0 Å². The molecule has 0 fully saturated rings. The number of aromatic nitrogens is 1. The van der Waals surface area contributed by atoms with Crippen LogP contribution in [-0.2, 0) is 24.1 Å². The molecule has 0 saturated carbocycles. The number of rotatable bonds is 3. The topological polar surface area (TPSA) is 30.0 Å². The number of fused-ring (bicyclic) bond motifs is 1. The first-order chi connectivity index (χ1) is 8.33. The van der Waals surface area contributed by atoms with E-state index in [2.05, 4.69) is 29.2 Å². The number of Topliss-reactive ketones (excluding diaryl/α,β-unsaturated/α-hetero) is 1. The highest BCUT2D eigenvalue weighted by atomic mass is 32.1. The maximum absolute atomic E-state index is 12.2. The van der Waals surface area contributed by atoms with E-state index >= 15 is 0 Å².